The lowest BCUT2D eigenvalue weighted by molar-refractivity contribution is -0.122. The molecule has 2 heterocycles. The molecule has 1 aliphatic rings. The number of imidazole rings is 1. The van der Waals surface area contributed by atoms with E-state index in [1.807, 2.05) is 24.3 Å². The van der Waals surface area contributed by atoms with Crippen LogP contribution in [0, 0.1) is 5.92 Å². The Bertz CT molecular complexity index is 964. The summed E-state index contributed by atoms with van der Waals surface area (Å²) in [5.41, 5.74) is 3.14. The smallest absolute Gasteiger partial charge is 0.229 e. The summed E-state index contributed by atoms with van der Waals surface area (Å²) >= 11 is 0. The van der Waals surface area contributed by atoms with Crippen LogP contribution in [0.25, 0.3) is 11.0 Å². The van der Waals surface area contributed by atoms with Gasteiger partial charge in [-0.05, 0) is 42.5 Å². The van der Waals surface area contributed by atoms with Crippen LogP contribution in [-0.2, 0) is 9.59 Å². The first-order chi connectivity index (χ1) is 12.6. The van der Waals surface area contributed by atoms with Crippen molar-refractivity contribution in [1.29, 1.82) is 0 Å². The fourth-order valence-electron chi connectivity index (χ4n) is 3.15. The lowest BCUT2D eigenvalue weighted by atomic mass is 10.1. The van der Waals surface area contributed by atoms with Crippen molar-refractivity contribution in [3.8, 4) is 5.75 Å². The third-order valence-electron chi connectivity index (χ3n) is 4.57. The average molecular weight is 350 g/mol. The van der Waals surface area contributed by atoms with Crippen molar-refractivity contribution >= 4 is 34.2 Å². The Labute approximate surface area is 150 Å². The molecule has 1 atom stereocenters. The van der Waals surface area contributed by atoms with E-state index in [1.165, 1.54) is 0 Å². The summed E-state index contributed by atoms with van der Waals surface area (Å²) in [7, 11) is 1.59. The maximum atomic E-state index is 12.6. The molecule has 1 aliphatic heterocycles. The van der Waals surface area contributed by atoms with E-state index in [2.05, 4.69) is 15.3 Å². The Morgan fingerprint density at radius 3 is 2.85 bits per heavy atom. The molecule has 26 heavy (non-hydrogen) atoms. The Kier molecular flexibility index (Phi) is 4.04. The van der Waals surface area contributed by atoms with E-state index in [-0.39, 0.29) is 24.2 Å². The van der Waals surface area contributed by atoms with Gasteiger partial charge in [-0.3, -0.25) is 9.59 Å². The van der Waals surface area contributed by atoms with Gasteiger partial charge in [-0.1, -0.05) is 0 Å². The van der Waals surface area contributed by atoms with Crippen LogP contribution in [0.3, 0.4) is 0 Å². The largest absolute Gasteiger partial charge is 0.497 e. The second-order valence-electron chi connectivity index (χ2n) is 6.23. The quantitative estimate of drug-likeness (QED) is 0.757. The van der Waals surface area contributed by atoms with Gasteiger partial charge in [-0.25, -0.2) is 4.98 Å². The molecular weight excluding hydrogens is 332 g/mol. The van der Waals surface area contributed by atoms with Crippen LogP contribution in [0.5, 0.6) is 5.75 Å². The van der Waals surface area contributed by atoms with Gasteiger partial charge in [0.1, 0.15) is 5.75 Å². The first-order valence-corrected chi connectivity index (χ1v) is 8.32. The molecule has 2 N–H and O–H groups in total. The van der Waals surface area contributed by atoms with Crippen molar-refractivity contribution in [3.05, 3.63) is 48.8 Å². The molecule has 0 unspecified atom stereocenters. The summed E-state index contributed by atoms with van der Waals surface area (Å²) in [5, 5.41) is 2.89. The first-order valence-electron chi connectivity index (χ1n) is 8.32. The van der Waals surface area contributed by atoms with Gasteiger partial charge in [0.15, 0.2) is 0 Å². The van der Waals surface area contributed by atoms with Gasteiger partial charge in [0.2, 0.25) is 11.8 Å². The Morgan fingerprint density at radius 2 is 2.08 bits per heavy atom. The Hall–Kier alpha value is -3.35. The van der Waals surface area contributed by atoms with Crippen molar-refractivity contribution in [2.24, 2.45) is 5.92 Å². The van der Waals surface area contributed by atoms with Gasteiger partial charge in [-0.2, -0.15) is 0 Å². The van der Waals surface area contributed by atoms with Crippen LogP contribution in [0.15, 0.2) is 48.8 Å². The molecule has 7 heteroatoms. The number of aromatic nitrogens is 2. The van der Waals surface area contributed by atoms with E-state index in [1.54, 1.807) is 36.5 Å². The number of carbonyl (C=O) groups is 2. The summed E-state index contributed by atoms with van der Waals surface area (Å²) in [6, 6.07) is 12.7. The monoisotopic (exact) mass is 350 g/mol. The number of hydrogen-bond acceptors (Lipinski definition) is 4. The van der Waals surface area contributed by atoms with Crippen molar-refractivity contribution in [2.75, 3.05) is 23.9 Å². The topological polar surface area (TPSA) is 87.3 Å². The second-order valence-corrected chi connectivity index (χ2v) is 6.23. The van der Waals surface area contributed by atoms with Crippen LogP contribution in [-0.4, -0.2) is 35.4 Å². The van der Waals surface area contributed by atoms with Gasteiger partial charge < -0.3 is 19.9 Å². The van der Waals surface area contributed by atoms with Crippen LogP contribution in [0.4, 0.5) is 11.4 Å². The normalized spacial score (nSPS) is 16.9. The number of nitrogens with zero attached hydrogens (tertiary/aromatic N) is 2. The zero-order valence-electron chi connectivity index (χ0n) is 14.2. The first kappa shape index (κ1) is 16.1. The van der Waals surface area contributed by atoms with Crippen molar-refractivity contribution in [1.82, 2.24) is 9.97 Å². The van der Waals surface area contributed by atoms with Crippen LogP contribution in [0.2, 0.25) is 0 Å². The maximum Gasteiger partial charge on any atom is 0.229 e. The number of rotatable bonds is 4. The van der Waals surface area contributed by atoms with Gasteiger partial charge in [0.05, 0.1) is 30.4 Å². The van der Waals surface area contributed by atoms with E-state index in [4.69, 9.17) is 4.74 Å². The molecule has 1 fully saturated rings. The molecule has 7 nitrogen and oxygen atoms in total. The number of carbonyl (C=O) groups excluding carboxylic acids is 2. The summed E-state index contributed by atoms with van der Waals surface area (Å²) in [5.74, 6) is 0.124. The van der Waals surface area contributed by atoms with E-state index < -0.39 is 0 Å². The number of amides is 2. The number of benzene rings is 2. The molecule has 4 rings (SSSR count). The molecule has 1 aromatic heterocycles. The van der Waals surface area contributed by atoms with Crippen molar-refractivity contribution < 1.29 is 14.3 Å². The number of aromatic amines is 1. The molecule has 0 aliphatic carbocycles. The summed E-state index contributed by atoms with van der Waals surface area (Å²) in [4.78, 5) is 33.7. The molecule has 1 saturated heterocycles. The van der Waals surface area contributed by atoms with Crippen LogP contribution >= 0.6 is 0 Å². The minimum absolute atomic E-state index is 0.0562. The van der Waals surface area contributed by atoms with E-state index in [0.29, 0.717) is 12.2 Å². The van der Waals surface area contributed by atoms with Gasteiger partial charge >= 0.3 is 0 Å². The zero-order chi connectivity index (χ0) is 18.1. The average Bonchev–Trinajstić information content (AvgIpc) is 3.28. The van der Waals surface area contributed by atoms with E-state index in [9.17, 15) is 9.59 Å². The van der Waals surface area contributed by atoms with E-state index >= 15 is 0 Å². The number of hydrogen-bond donors (Lipinski definition) is 2. The number of anilines is 2. The van der Waals surface area contributed by atoms with Crippen molar-refractivity contribution in [2.45, 2.75) is 6.42 Å². The second kappa shape index (κ2) is 6.51. The minimum atomic E-state index is -0.387. The Morgan fingerprint density at radius 1 is 1.27 bits per heavy atom. The number of methoxy groups -OCH3 is 1. The highest BCUT2D eigenvalue weighted by Crippen LogP contribution is 2.27. The summed E-state index contributed by atoms with van der Waals surface area (Å²) in [6.07, 6.45) is 1.81. The van der Waals surface area contributed by atoms with Gasteiger partial charge in [0.25, 0.3) is 0 Å². The third-order valence-corrected chi connectivity index (χ3v) is 4.57. The zero-order valence-corrected chi connectivity index (χ0v) is 14.2. The van der Waals surface area contributed by atoms with Crippen molar-refractivity contribution in [3.63, 3.8) is 0 Å². The molecular formula is C19H18N4O3. The molecule has 0 radical (unpaired) electrons. The molecule has 132 valence electrons. The minimum Gasteiger partial charge on any atom is -0.497 e. The molecule has 3 aromatic rings. The predicted octanol–water partition coefficient (Wildman–Crippen LogP) is 2.56. The number of nitrogens with one attached hydrogen (secondary N) is 2. The summed E-state index contributed by atoms with van der Waals surface area (Å²) < 4.78 is 5.13. The highest BCUT2D eigenvalue weighted by molar-refractivity contribution is 6.03. The SMILES string of the molecule is COc1ccc(N2C[C@@H](C(=O)Nc3ccc4nc[nH]c4c3)CC2=O)cc1. The lowest BCUT2D eigenvalue weighted by Gasteiger charge is -2.17. The lowest BCUT2D eigenvalue weighted by Crippen LogP contribution is -2.28. The molecule has 2 amide bonds. The number of ether oxygens (including phenoxy) is 1. The standard InChI is InChI=1S/C19H18N4O3/c1-26-15-5-3-14(4-6-15)23-10-12(8-18(23)24)19(25)22-13-2-7-16-17(9-13)21-11-20-16/h2-7,9,11-12H,8,10H2,1H3,(H,20,21)(H,22,25)/t12-/m0/s1. The van der Waals surface area contributed by atoms with Crippen LogP contribution in [0.1, 0.15) is 6.42 Å². The fraction of sp³-hybridized carbons (Fsp3) is 0.211. The van der Waals surface area contributed by atoms with Gasteiger partial charge in [-0.15, -0.1) is 0 Å². The maximum absolute atomic E-state index is 12.6. The molecule has 0 saturated carbocycles. The van der Waals surface area contributed by atoms with E-state index in [0.717, 1.165) is 22.5 Å². The van der Waals surface area contributed by atoms with Gasteiger partial charge in [0, 0.05) is 24.3 Å². The predicted molar refractivity (Wildman–Crippen MR) is 98.2 cm³/mol. The number of fused-ring (bicyclic) bond motifs is 1. The molecule has 0 spiro atoms. The summed E-state index contributed by atoms with van der Waals surface area (Å²) in [6.45, 7) is 0.364. The Balaban J connectivity index is 1.45. The highest BCUT2D eigenvalue weighted by atomic mass is 16.5. The highest BCUT2D eigenvalue weighted by Gasteiger charge is 2.35. The third kappa shape index (κ3) is 2.99. The molecule has 0 bridgehead atoms. The van der Waals surface area contributed by atoms with Crippen LogP contribution < -0.4 is 15.0 Å². The molecule has 2 aromatic carbocycles. The number of H-pyrrole nitrogens is 1. The fourth-order valence-corrected chi connectivity index (χ4v) is 3.15.